The maximum absolute atomic E-state index is 13.8. The fraction of sp³-hybridized carbons (Fsp3) is 0.211. The average Bonchev–Trinajstić information content (AvgIpc) is 2.62. The summed E-state index contributed by atoms with van der Waals surface area (Å²) in [5, 5.41) is 8.62. The third-order valence-corrected chi connectivity index (χ3v) is 4.29. The van der Waals surface area contributed by atoms with E-state index in [1.165, 1.54) is 13.2 Å². The van der Waals surface area contributed by atoms with E-state index in [1.54, 1.807) is 12.1 Å². The van der Waals surface area contributed by atoms with Crippen LogP contribution in [0.1, 0.15) is 28.0 Å². The summed E-state index contributed by atoms with van der Waals surface area (Å²) in [6.07, 6.45) is 2.11. The lowest BCUT2D eigenvalue weighted by Crippen LogP contribution is -2.17. The topological polar surface area (TPSA) is 104 Å². The van der Waals surface area contributed by atoms with E-state index in [0.29, 0.717) is 23.7 Å². The van der Waals surface area contributed by atoms with Crippen molar-refractivity contribution in [2.45, 2.75) is 19.3 Å². The molecule has 0 spiro atoms. The van der Waals surface area contributed by atoms with Gasteiger partial charge >= 0.3 is 0 Å². The molecular formula is C19H19FN4O2. The number of rotatable bonds is 6. The molecule has 4 N–H and O–H groups in total. The molecule has 0 saturated heterocycles. The van der Waals surface area contributed by atoms with Crippen LogP contribution in [-0.4, -0.2) is 23.2 Å². The largest absolute Gasteiger partial charge is 0.493 e. The Morgan fingerprint density at radius 3 is 2.54 bits per heavy atom. The van der Waals surface area contributed by atoms with Crippen molar-refractivity contribution in [1.29, 1.82) is 0 Å². The van der Waals surface area contributed by atoms with Crippen LogP contribution in [0.15, 0.2) is 36.4 Å². The summed E-state index contributed by atoms with van der Waals surface area (Å²) >= 11 is 0. The van der Waals surface area contributed by atoms with Crippen molar-refractivity contribution in [2.24, 2.45) is 5.73 Å². The molecule has 0 radical (unpaired) electrons. The second-order valence-corrected chi connectivity index (χ2v) is 5.93. The van der Waals surface area contributed by atoms with Crippen LogP contribution in [0.2, 0.25) is 0 Å². The molecule has 3 rings (SSSR count). The van der Waals surface area contributed by atoms with Gasteiger partial charge < -0.3 is 16.2 Å². The van der Waals surface area contributed by atoms with Crippen LogP contribution in [0.4, 0.5) is 10.1 Å². The van der Waals surface area contributed by atoms with Gasteiger partial charge in [-0.2, -0.15) is 0 Å². The van der Waals surface area contributed by atoms with Crippen molar-refractivity contribution >= 4 is 22.5 Å². The number of carbonyl (C=O) groups excluding carboxylic acids is 1. The molecule has 0 bridgehead atoms. The zero-order valence-corrected chi connectivity index (χ0v) is 14.3. The van der Waals surface area contributed by atoms with Gasteiger partial charge in [-0.15, -0.1) is 10.2 Å². The first-order chi connectivity index (χ1) is 12.5. The molecular weight excluding hydrogens is 335 g/mol. The highest BCUT2D eigenvalue weighted by atomic mass is 19.1. The van der Waals surface area contributed by atoms with Gasteiger partial charge in [0.25, 0.3) is 5.91 Å². The molecule has 0 aliphatic heterocycles. The summed E-state index contributed by atoms with van der Waals surface area (Å²) in [4.78, 5) is 11.4. The van der Waals surface area contributed by atoms with E-state index >= 15 is 0 Å². The van der Waals surface area contributed by atoms with Crippen LogP contribution in [0.25, 0.3) is 10.9 Å². The van der Waals surface area contributed by atoms with Crippen molar-refractivity contribution in [3.8, 4) is 5.75 Å². The normalized spacial score (nSPS) is 10.8. The zero-order valence-electron chi connectivity index (χ0n) is 14.3. The van der Waals surface area contributed by atoms with Crippen LogP contribution >= 0.6 is 0 Å². The molecule has 0 aliphatic rings. The fourth-order valence-electron chi connectivity index (χ4n) is 3.04. The molecule has 0 fully saturated rings. The van der Waals surface area contributed by atoms with Gasteiger partial charge in [0.1, 0.15) is 0 Å². The minimum atomic E-state index is -0.708. The Hall–Kier alpha value is -3.22. The second-order valence-electron chi connectivity index (χ2n) is 5.93. The number of ether oxygens (including phenoxy) is 1. The average molecular weight is 354 g/mol. The van der Waals surface area contributed by atoms with E-state index in [2.05, 4.69) is 10.2 Å². The van der Waals surface area contributed by atoms with Crippen LogP contribution in [0.5, 0.6) is 5.75 Å². The summed E-state index contributed by atoms with van der Waals surface area (Å²) in [6.45, 7) is 0. The fourth-order valence-corrected chi connectivity index (χ4v) is 3.04. The van der Waals surface area contributed by atoms with Gasteiger partial charge in [-0.3, -0.25) is 4.79 Å². The number of nitrogens with two attached hydrogens (primary N) is 2. The number of carbonyl (C=O) groups is 1. The predicted molar refractivity (Wildman–Crippen MR) is 97.4 cm³/mol. The Morgan fingerprint density at radius 1 is 1.12 bits per heavy atom. The highest BCUT2D eigenvalue weighted by Gasteiger charge is 2.14. The van der Waals surface area contributed by atoms with Gasteiger partial charge in [-0.25, -0.2) is 4.39 Å². The first-order valence-corrected chi connectivity index (χ1v) is 8.18. The SMILES string of the molecule is COc1c(F)cccc1CCCc1cccc2c(N)c(C(N)=O)nnc12. The summed E-state index contributed by atoms with van der Waals surface area (Å²) in [5.74, 6) is -0.797. The number of hydrogen-bond acceptors (Lipinski definition) is 5. The summed E-state index contributed by atoms with van der Waals surface area (Å²) in [7, 11) is 1.46. The van der Waals surface area contributed by atoms with Crippen molar-refractivity contribution in [2.75, 3.05) is 12.8 Å². The molecule has 0 unspecified atom stereocenters. The maximum Gasteiger partial charge on any atom is 0.271 e. The summed E-state index contributed by atoms with van der Waals surface area (Å²) in [5.41, 5.74) is 13.9. The molecule has 134 valence electrons. The van der Waals surface area contributed by atoms with Gasteiger partial charge in [0.15, 0.2) is 17.3 Å². The summed E-state index contributed by atoms with van der Waals surface area (Å²) < 4.78 is 18.9. The van der Waals surface area contributed by atoms with Crippen molar-refractivity contribution in [3.05, 3.63) is 59.0 Å². The Bertz CT molecular complexity index is 975. The molecule has 0 atom stereocenters. The smallest absolute Gasteiger partial charge is 0.271 e. The Kier molecular flexibility index (Phi) is 4.97. The van der Waals surface area contributed by atoms with E-state index in [4.69, 9.17) is 16.2 Å². The third kappa shape index (κ3) is 3.28. The Morgan fingerprint density at radius 2 is 1.81 bits per heavy atom. The highest BCUT2D eigenvalue weighted by Crippen LogP contribution is 2.27. The molecule has 2 aromatic carbocycles. The molecule has 0 saturated carbocycles. The van der Waals surface area contributed by atoms with E-state index < -0.39 is 5.91 Å². The molecule has 1 aromatic heterocycles. The quantitative estimate of drug-likeness (QED) is 0.708. The molecule has 0 aliphatic carbocycles. The van der Waals surface area contributed by atoms with Gasteiger partial charge in [0, 0.05) is 5.39 Å². The van der Waals surface area contributed by atoms with Crippen molar-refractivity contribution in [3.63, 3.8) is 0 Å². The number of hydrogen-bond donors (Lipinski definition) is 2. The lowest BCUT2D eigenvalue weighted by atomic mass is 10.0. The molecule has 6 nitrogen and oxygen atoms in total. The first kappa shape index (κ1) is 17.6. The second kappa shape index (κ2) is 7.35. The molecule has 3 aromatic rings. The van der Waals surface area contributed by atoms with E-state index in [-0.39, 0.29) is 22.9 Å². The van der Waals surface area contributed by atoms with Crippen LogP contribution in [0.3, 0.4) is 0 Å². The van der Waals surface area contributed by atoms with Crippen molar-refractivity contribution in [1.82, 2.24) is 10.2 Å². The number of para-hydroxylation sites is 1. The number of aromatic nitrogens is 2. The van der Waals surface area contributed by atoms with Crippen LogP contribution < -0.4 is 16.2 Å². The van der Waals surface area contributed by atoms with E-state index in [0.717, 1.165) is 17.5 Å². The number of nitrogen functional groups attached to an aromatic ring is 1. The van der Waals surface area contributed by atoms with Gasteiger partial charge in [0.2, 0.25) is 0 Å². The maximum atomic E-state index is 13.8. The number of primary amides is 1. The number of nitrogens with zero attached hydrogens (tertiary/aromatic N) is 2. The van der Waals surface area contributed by atoms with E-state index in [1.807, 2.05) is 18.2 Å². The number of methoxy groups -OCH3 is 1. The van der Waals surface area contributed by atoms with Crippen molar-refractivity contribution < 1.29 is 13.9 Å². The Labute approximate surface area is 150 Å². The monoisotopic (exact) mass is 354 g/mol. The molecule has 7 heteroatoms. The number of benzene rings is 2. The van der Waals surface area contributed by atoms with Crippen LogP contribution in [-0.2, 0) is 12.8 Å². The van der Waals surface area contributed by atoms with Crippen LogP contribution in [0, 0.1) is 5.82 Å². The number of aryl methyl sites for hydroxylation is 2. The number of fused-ring (bicyclic) bond motifs is 1. The predicted octanol–water partition coefficient (Wildman–Crippen LogP) is 2.63. The lowest BCUT2D eigenvalue weighted by molar-refractivity contribution is 0.0996. The Balaban J connectivity index is 1.83. The number of halogens is 1. The highest BCUT2D eigenvalue weighted by molar-refractivity contribution is 6.04. The zero-order chi connectivity index (χ0) is 18.7. The molecule has 1 amide bonds. The number of anilines is 1. The molecule has 1 heterocycles. The van der Waals surface area contributed by atoms with Gasteiger partial charge in [-0.05, 0) is 36.5 Å². The first-order valence-electron chi connectivity index (χ1n) is 8.18. The van der Waals surface area contributed by atoms with Gasteiger partial charge in [-0.1, -0.05) is 30.3 Å². The van der Waals surface area contributed by atoms with Gasteiger partial charge in [0.05, 0.1) is 18.3 Å². The minimum absolute atomic E-state index is 0.0286. The standard InChI is InChI=1S/C19H19FN4O2/c1-26-18-12(8-4-10-14(18)20)7-2-5-11-6-3-9-13-15(21)17(19(22)25)24-23-16(11)13/h3-4,6,8-10H,2,5,7H2,1H3,(H2,21,23)(H2,22,25). The third-order valence-electron chi connectivity index (χ3n) is 4.29. The summed E-state index contributed by atoms with van der Waals surface area (Å²) in [6, 6.07) is 10.5. The minimum Gasteiger partial charge on any atom is -0.493 e. The lowest BCUT2D eigenvalue weighted by Gasteiger charge is -2.11. The van der Waals surface area contributed by atoms with E-state index in [9.17, 15) is 9.18 Å². The molecule has 26 heavy (non-hydrogen) atoms. The number of amides is 1.